The Morgan fingerprint density at radius 3 is 2.89 bits per heavy atom. The van der Waals surface area contributed by atoms with Crippen LogP contribution in [0.15, 0.2) is 12.7 Å². The third kappa shape index (κ3) is 1.86. The van der Waals surface area contributed by atoms with Crippen LogP contribution in [0.1, 0.15) is 6.23 Å². The number of imidazole rings is 1. The molecule has 0 spiro atoms. The number of thiol groups is 1. The molecule has 0 aliphatic carbocycles. The van der Waals surface area contributed by atoms with Gasteiger partial charge in [-0.2, -0.15) is 12.6 Å². The van der Waals surface area contributed by atoms with E-state index in [0.717, 1.165) is 0 Å². The molecule has 0 unspecified atom stereocenters. The van der Waals surface area contributed by atoms with E-state index in [2.05, 4.69) is 27.6 Å². The van der Waals surface area contributed by atoms with E-state index in [9.17, 15) is 10.2 Å². The summed E-state index contributed by atoms with van der Waals surface area (Å²) in [4.78, 5) is 12.0. The van der Waals surface area contributed by atoms with E-state index in [-0.39, 0.29) is 12.4 Å². The van der Waals surface area contributed by atoms with Crippen molar-refractivity contribution in [3.05, 3.63) is 12.7 Å². The number of fused-ring (bicyclic) bond motifs is 1. The van der Waals surface area contributed by atoms with Crippen LogP contribution in [0.25, 0.3) is 11.2 Å². The van der Waals surface area contributed by atoms with Gasteiger partial charge in [0.1, 0.15) is 17.9 Å². The standard InChI is InChI=1S/C10H13N5O3S/c11-8-5-9(13-2-12-8)15(3-14-5)10-6(17)7(19)4(1-16)18-10/h2-4,6-7,10,16-17,19H,1H2,(H2,11,12,13)/t4-,6-,7+,10+/m0/s1. The Bertz CT molecular complexity index is 606. The molecule has 1 aliphatic rings. The maximum absolute atomic E-state index is 10.1. The molecule has 3 rings (SSSR count). The monoisotopic (exact) mass is 283 g/mol. The number of aliphatic hydroxyl groups excluding tert-OH is 2. The fraction of sp³-hybridized carbons (Fsp3) is 0.500. The Balaban J connectivity index is 2.04. The number of anilines is 1. The lowest BCUT2D eigenvalue weighted by atomic mass is 10.2. The van der Waals surface area contributed by atoms with E-state index in [0.29, 0.717) is 11.2 Å². The Hall–Kier alpha value is -1.42. The zero-order valence-corrected chi connectivity index (χ0v) is 10.7. The van der Waals surface area contributed by atoms with Gasteiger partial charge in [0.2, 0.25) is 0 Å². The molecule has 1 fully saturated rings. The van der Waals surface area contributed by atoms with Crippen LogP contribution in [0.2, 0.25) is 0 Å². The summed E-state index contributed by atoms with van der Waals surface area (Å²) in [7, 11) is 0. The van der Waals surface area contributed by atoms with Crippen LogP contribution < -0.4 is 5.73 Å². The number of nitrogens with two attached hydrogens (primary N) is 1. The van der Waals surface area contributed by atoms with E-state index < -0.39 is 23.7 Å². The zero-order chi connectivity index (χ0) is 13.6. The van der Waals surface area contributed by atoms with Crippen molar-refractivity contribution >= 4 is 29.6 Å². The molecule has 9 heteroatoms. The van der Waals surface area contributed by atoms with Gasteiger partial charge in [0, 0.05) is 0 Å². The van der Waals surface area contributed by atoms with Crippen LogP contribution in [0, 0.1) is 0 Å². The highest BCUT2D eigenvalue weighted by Crippen LogP contribution is 2.34. The maximum Gasteiger partial charge on any atom is 0.167 e. The molecule has 0 saturated carbocycles. The summed E-state index contributed by atoms with van der Waals surface area (Å²) < 4.78 is 7.14. The van der Waals surface area contributed by atoms with E-state index in [1.54, 1.807) is 4.57 Å². The lowest BCUT2D eigenvalue weighted by Crippen LogP contribution is -2.28. The summed E-state index contributed by atoms with van der Waals surface area (Å²) in [6, 6.07) is 0. The fourth-order valence-electron chi connectivity index (χ4n) is 2.17. The highest BCUT2D eigenvalue weighted by molar-refractivity contribution is 7.81. The number of nitrogens with zero attached hydrogens (tertiary/aromatic N) is 4. The van der Waals surface area contributed by atoms with Crippen LogP contribution in [0.5, 0.6) is 0 Å². The van der Waals surface area contributed by atoms with Crippen LogP contribution in [-0.2, 0) is 4.74 Å². The molecule has 1 saturated heterocycles. The third-order valence-electron chi connectivity index (χ3n) is 3.18. The van der Waals surface area contributed by atoms with Gasteiger partial charge in [0.15, 0.2) is 17.7 Å². The fourth-order valence-corrected chi connectivity index (χ4v) is 2.48. The van der Waals surface area contributed by atoms with Crippen LogP contribution in [0.3, 0.4) is 0 Å². The molecular formula is C10H13N5O3S. The molecule has 0 amide bonds. The van der Waals surface area contributed by atoms with Gasteiger partial charge in [0.05, 0.1) is 24.3 Å². The van der Waals surface area contributed by atoms with Gasteiger partial charge in [0.25, 0.3) is 0 Å². The van der Waals surface area contributed by atoms with Crippen LogP contribution in [0.4, 0.5) is 5.82 Å². The second-order valence-corrected chi connectivity index (χ2v) is 4.91. The molecular weight excluding hydrogens is 270 g/mol. The molecule has 19 heavy (non-hydrogen) atoms. The van der Waals surface area contributed by atoms with Crippen molar-refractivity contribution in [1.29, 1.82) is 0 Å². The van der Waals surface area contributed by atoms with Crippen molar-refractivity contribution in [1.82, 2.24) is 19.5 Å². The summed E-state index contributed by atoms with van der Waals surface area (Å²) in [5.74, 6) is 0.261. The highest BCUT2D eigenvalue weighted by Gasteiger charge is 2.42. The number of nitrogen functional groups attached to an aromatic ring is 1. The van der Waals surface area contributed by atoms with E-state index in [1.807, 2.05) is 0 Å². The number of aromatic nitrogens is 4. The largest absolute Gasteiger partial charge is 0.394 e. The molecule has 2 aromatic rings. The first kappa shape index (κ1) is 12.6. The topological polar surface area (TPSA) is 119 Å². The van der Waals surface area contributed by atoms with Gasteiger partial charge >= 0.3 is 0 Å². The predicted molar refractivity (Wildman–Crippen MR) is 69.5 cm³/mol. The lowest BCUT2D eigenvalue weighted by molar-refractivity contribution is -0.0486. The average Bonchev–Trinajstić information content (AvgIpc) is 2.94. The first-order valence-corrected chi connectivity index (χ1v) is 6.20. The number of hydrogen-bond donors (Lipinski definition) is 4. The molecule has 2 aromatic heterocycles. The summed E-state index contributed by atoms with van der Waals surface area (Å²) >= 11 is 4.24. The molecule has 0 aromatic carbocycles. The Morgan fingerprint density at radius 1 is 1.42 bits per heavy atom. The molecule has 0 bridgehead atoms. The van der Waals surface area contributed by atoms with E-state index in [4.69, 9.17) is 10.5 Å². The minimum atomic E-state index is -0.880. The third-order valence-corrected chi connectivity index (χ3v) is 3.82. The quantitative estimate of drug-likeness (QED) is 0.520. The maximum atomic E-state index is 10.1. The van der Waals surface area contributed by atoms with Crippen molar-refractivity contribution in [2.24, 2.45) is 0 Å². The van der Waals surface area contributed by atoms with Crippen molar-refractivity contribution in [3.8, 4) is 0 Å². The number of rotatable bonds is 2. The SMILES string of the molecule is Nc1ncnc2c1ncn2[C@@H]1O[C@@H](CO)[C@@H](S)[C@@H]1O. The van der Waals surface area contributed by atoms with Crippen molar-refractivity contribution < 1.29 is 14.9 Å². The van der Waals surface area contributed by atoms with Gasteiger partial charge in [-0.3, -0.25) is 4.57 Å². The first-order valence-electron chi connectivity index (χ1n) is 5.69. The molecule has 1 aliphatic heterocycles. The molecule has 4 atom stereocenters. The van der Waals surface area contributed by atoms with Gasteiger partial charge in [-0.1, -0.05) is 0 Å². The van der Waals surface area contributed by atoms with Gasteiger partial charge < -0.3 is 20.7 Å². The average molecular weight is 283 g/mol. The lowest BCUT2D eigenvalue weighted by Gasteiger charge is -2.16. The second kappa shape index (κ2) is 4.60. The molecule has 4 N–H and O–H groups in total. The minimum absolute atomic E-state index is 0.217. The summed E-state index contributed by atoms with van der Waals surface area (Å²) in [6.45, 7) is -0.217. The van der Waals surface area contributed by atoms with E-state index in [1.165, 1.54) is 12.7 Å². The van der Waals surface area contributed by atoms with Crippen molar-refractivity contribution in [2.45, 2.75) is 23.7 Å². The zero-order valence-electron chi connectivity index (χ0n) is 9.79. The van der Waals surface area contributed by atoms with Gasteiger partial charge in [-0.05, 0) is 0 Å². The summed E-state index contributed by atoms with van der Waals surface area (Å²) in [6.07, 6.45) is 0.663. The number of ether oxygens (including phenoxy) is 1. The normalized spacial score (nSPS) is 31.1. The Kier molecular flexibility index (Phi) is 3.05. The molecule has 3 heterocycles. The molecule has 8 nitrogen and oxygen atoms in total. The van der Waals surface area contributed by atoms with Crippen molar-refractivity contribution in [2.75, 3.05) is 12.3 Å². The minimum Gasteiger partial charge on any atom is -0.394 e. The van der Waals surface area contributed by atoms with E-state index >= 15 is 0 Å². The number of aliphatic hydroxyl groups is 2. The van der Waals surface area contributed by atoms with Gasteiger partial charge in [-0.15, -0.1) is 0 Å². The first-order chi connectivity index (χ1) is 9.13. The van der Waals surface area contributed by atoms with Crippen LogP contribution in [-0.4, -0.2) is 53.8 Å². The smallest absolute Gasteiger partial charge is 0.167 e. The van der Waals surface area contributed by atoms with Gasteiger partial charge in [-0.25, -0.2) is 15.0 Å². The second-order valence-electron chi connectivity index (χ2n) is 4.31. The molecule has 102 valence electrons. The molecule has 0 radical (unpaired) electrons. The highest BCUT2D eigenvalue weighted by atomic mass is 32.1. The van der Waals surface area contributed by atoms with Crippen LogP contribution >= 0.6 is 12.6 Å². The Morgan fingerprint density at radius 2 is 2.21 bits per heavy atom. The predicted octanol–water partition coefficient (Wildman–Crippen LogP) is -1.04. The Labute approximate surface area is 113 Å². The van der Waals surface area contributed by atoms with Crippen molar-refractivity contribution in [3.63, 3.8) is 0 Å². The summed E-state index contributed by atoms with van der Waals surface area (Å²) in [5.41, 5.74) is 6.61. The summed E-state index contributed by atoms with van der Waals surface area (Å²) in [5, 5.41) is 18.8. The number of hydrogen-bond acceptors (Lipinski definition) is 8.